The summed E-state index contributed by atoms with van der Waals surface area (Å²) in [5, 5.41) is 10.2. The second-order valence-corrected chi connectivity index (χ2v) is 12.0. The highest BCUT2D eigenvalue weighted by atomic mass is 19.1. The van der Waals surface area contributed by atoms with Gasteiger partial charge in [-0.25, -0.2) is 9.78 Å². The Morgan fingerprint density at radius 1 is 1.02 bits per heavy atom. The summed E-state index contributed by atoms with van der Waals surface area (Å²) in [5.41, 5.74) is 4.77. The van der Waals surface area contributed by atoms with Crippen LogP contribution in [0.15, 0.2) is 30.6 Å². The smallest absolute Gasteiger partial charge is 0.339 e. The van der Waals surface area contributed by atoms with E-state index in [2.05, 4.69) is 27.8 Å². The Kier molecular flexibility index (Phi) is 16.2. The van der Waals surface area contributed by atoms with Gasteiger partial charge in [0.2, 0.25) is 0 Å². The monoisotopic (exact) mass is 667 g/mol. The maximum Gasteiger partial charge on any atom is 0.339 e. The zero-order chi connectivity index (χ0) is 34.8. The fraction of sp³-hybridized carbons (Fsp3) is 0.583. The quantitative estimate of drug-likeness (QED) is 0.0510. The molecule has 2 heterocycles. The minimum absolute atomic E-state index is 0.0387. The average molecular weight is 668 g/mol. The van der Waals surface area contributed by atoms with E-state index < -0.39 is 30.4 Å². The van der Waals surface area contributed by atoms with Gasteiger partial charge in [0.1, 0.15) is 12.1 Å². The van der Waals surface area contributed by atoms with Gasteiger partial charge in [0.15, 0.2) is 23.2 Å². The molecule has 0 bridgehead atoms. The number of methoxy groups -OCH3 is 1. The number of fused-ring (bicyclic) bond motifs is 1. The van der Waals surface area contributed by atoms with Crippen LogP contribution in [0.4, 0.5) is 10.2 Å². The van der Waals surface area contributed by atoms with Crippen molar-refractivity contribution in [1.82, 2.24) is 19.5 Å². The van der Waals surface area contributed by atoms with E-state index in [1.165, 1.54) is 88.3 Å². The maximum atomic E-state index is 14.0. The van der Waals surface area contributed by atoms with Crippen LogP contribution in [0.3, 0.4) is 0 Å². The van der Waals surface area contributed by atoms with E-state index in [0.717, 1.165) is 19.3 Å². The Balaban J connectivity index is 1.52. The highest BCUT2D eigenvalue weighted by Crippen LogP contribution is 2.25. The van der Waals surface area contributed by atoms with Crippen molar-refractivity contribution in [2.75, 3.05) is 19.5 Å². The number of aromatic nitrogens is 4. The molecule has 3 N–H and O–H groups in total. The minimum Gasteiger partial charge on any atom is -0.461 e. The Labute approximate surface area is 282 Å². The van der Waals surface area contributed by atoms with Gasteiger partial charge >= 0.3 is 18.0 Å². The van der Waals surface area contributed by atoms with Gasteiger partial charge in [-0.2, -0.15) is 14.4 Å². The highest BCUT2D eigenvalue weighted by Gasteiger charge is 2.41. The zero-order valence-electron chi connectivity index (χ0n) is 28.3. The fourth-order valence-corrected chi connectivity index (χ4v) is 5.58. The van der Waals surface area contributed by atoms with Crippen LogP contribution >= 0.6 is 0 Å². The molecule has 0 unspecified atom stereocenters. The Morgan fingerprint density at radius 3 is 2.25 bits per heavy atom. The molecular formula is C36H50FN5O6. The van der Waals surface area contributed by atoms with E-state index >= 15 is 0 Å². The average Bonchev–Trinajstić information content (AvgIpc) is 3.49. The summed E-state index contributed by atoms with van der Waals surface area (Å²) in [6.45, 7) is 1.20. The summed E-state index contributed by atoms with van der Waals surface area (Å²) in [6.07, 6.45) is 20.8. The van der Waals surface area contributed by atoms with Gasteiger partial charge in [-0.15, -0.1) is 6.42 Å². The normalized spacial score (nSPS) is 13.1. The number of imidazole rings is 1. The van der Waals surface area contributed by atoms with E-state index in [4.69, 9.17) is 26.4 Å². The molecule has 3 rings (SSSR count). The summed E-state index contributed by atoms with van der Waals surface area (Å²) in [4.78, 5) is 37.4. The van der Waals surface area contributed by atoms with Crippen LogP contribution in [0, 0.1) is 18.4 Å². The number of rotatable bonds is 23. The van der Waals surface area contributed by atoms with Crippen LogP contribution in [0.1, 0.15) is 113 Å². The molecule has 0 aliphatic carbocycles. The Bertz CT molecular complexity index is 1490. The van der Waals surface area contributed by atoms with Crippen molar-refractivity contribution < 1.29 is 33.3 Å². The number of hydrogen-bond donors (Lipinski definition) is 2. The van der Waals surface area contributed by atoms with Gasteiger partial charge in [0.05, 0.1) is 25.0 Å². The molecule has 12 heteroatoms. The molecule has 48 heavy (non-hydrogen) atoms. The lowest BCUT2D eigenvalue weighted by Gasteiger charge is -2.33. The number of halogens is 1. The van der Waals surface area contributed by atoms with Crippen LogP contribution in [0.25, 0.3) is 11.2 Å². The van der Waals surface area contributed by atoms with Gasteiger partial charge in [-0.1, -0.05) is 108 Å². The number of aliphatic hydroxyl groups is 1. The largest absolute Gasteiger partial charge is 0.461 e. The number of nitrogen functional groups attached to an aromatic ring is 1. The first-order chi connectivity index (χ1) is 23.3. The molecular weight excluding hydrogens is 617 g/mol. The van der Waals surface area contributed by atoms with E-state index in [9.17, 15) is 19.1 Å². The van der Waals surface area contributed by atoms with Crippen molar-refractivity contribution >= 4 is 28.9 Å². The van der Waals surface area contributed by atoms with Crippen LogP contribution < -0.4 is 5.73 Å². The predicted octanol–water partition coefficient (Wildman–Crippen LogP) is 6.31. The second-order valence-electron chi connectivity index (χ2n) is 12.0. The van der Waals surface area contributed by atoms with Crippen molar-refractivity contribution in [3.05, 3.63) is 47.8 Å². The number of anilines is 1. The third kappa shape index (κ3) is 11.3. The molecule has 262 valence electrons. The number of unbranched alkanes of at least 4 members (excludes halogenated alkanes) is 12. The summed E-state index contributed by atoms with van der Waals surface area (Å²) in [7, 11) is 1.27. The van der Waals surface area contributed by atoms with Crippen molar-refractivity contribution in [2.24, 2.45) is 0 Å². The first-order valence-corrected chi connectivity index (χ1v) is 17.0. The van der Waals surface area contributed by atoms with Gasteiger partial charge in [-0.3, -0.25) is 4.79 Å². The van der Waals surface area contributed by atoms with E-state index in [1.807, 2.05) is 0 Å². The lowest BCUT2D eigenvalue weighted by molar-refractivity contribution is -0.145. The highest BCUT2D eigenvalue weighted by molar-refractivity contribution is 5.91. The Morgan fingerprint density at radius 2 is 1.65 bits per heavy atom. The molecule has 1 aromatic carbocycles. The molecule has 0 fully saturated rings. The number of carbonyl (C=O) groups excluding carboxylic acids is 2. The van der Waals surface area contributed by atoms with Crippen LogP contribution in [-0.4, -0.2) is 62.0 Å². The van der Waals surface area contributed by atoms with Crippen LogP contribution in [-0.2, 0) is 32.2 Å². The third-order valence-corrected chi connectivity index (χ3v) is 8.55. The molecule has 3 aromatic rings. The molecule has 2 aromatic heterocycles. The number of esters is 2. The number of nitrogens with zero attached hydrogens (tertiary/aromatic N) is 4. The van der Waals surface area contributed by atoms with Crippen molar-refractivity contribution in [2.45, 2.75) is 122 Å². The van der Waals surface area contributed by atoms with Crippen molar-refractivity contribution in [3.63, 3.8) is 0 Å². The fourth-order valence-electron chi connectivity index (χ4n) is 5.58. The minimum atomic E-state index is -1.77. The number of hydrogen-bond acceptors (Lipinski definition) is 10. The molecule has 0 amide bonds. The summed E-state index contributed by atoms with van der Waals surface area (Å²) in [6, 6.07) is 6.56. The summed E-state index contributed by atoms with van der Waals surface area (Å²) >= 11 is 0. The number of carbonyl (C=O) groups is 2. The number of benzene rings is 1. The van der Waals surface area contributed by atoms with E-state index in [0.29, 0.717) is 12.0 Å². The Hall–Kier alpha value is -4.08. The van der Waals surface area contributed by atoms with Gasteiger partial charge in [0.25, 0.3) is 0 Å². The molecule has 0 spiro atoms. The van der Waals surface area contributed by atoms with Gasteiger partial charge in [-0.05, 0) is 12.5 Å². The number of ether oxygens (including phenoxy) is 3. The molecule has 0 saturated carbocycles. The lowest BCUT2D eigenvalue weighted by atomic mass is 9.97. The summed E-state index contributed by atoms with van der Waals surface area (Å²) in [5.74, 6) is 1.07. The van der Waals surface area contributed by atoms with Crippen molar-refractivity contribution in [1.29, 1.82) is 0 Å². The molecule has 0 aliphatic heterocycles. The molecule has 0 radical (unpaired) electrons. The number of terminal acetylenes is 1. The topological polar surface area (TPSA) is 152 Å². The van der Waals surface area contributed by atoms with Gasteiger partial charge < -0.3 is 29.6 Å². The lowest BCUT2D eigenvalue weighted by Crippen LogP contribution is -2.50. The first kappa shape index (κ1) is 38.4. The SMILES string of the molecule is C#C[C@](CO)(OC)[C@H](Cn1cnc2c(N)nc(F)nc21)OC(=O)c1ccccc1COC(=O)CCCCCCCCCCCCCCC. The zero-order valence-corrected chi connectivity index (χ0v) is 28.3. The first-order valence-electron chi connectivity index (χ1n) is 17.0. The maximum absolute atomic E-state index is 14.0. The van der Waals surface area contributed by atoms with Gasteiger partial charge in [0, 0.05) is 19.1 Å². The van der Waals surface area contributed by atoms with E-state index in [-0.39, 0.29) is 41.7 Å². The van der Waals surface area contributed by atoms with E-state index in [1.54, 1.807) is 18.2 Å². The molecule has 0 aliphatic rings. The molecule has 2 atom stereocenters. The number of aliphatic hydroxyl groups excluding tert-OH is 1. The second kappa shape index (κ2) is 20.3. The molecule has 0 saturated heterocycles. The third-order valence-electron chi connectivity index (χ3n) is 8.55. The van der Waals surface area contributed by atoms with Crippen LogP contribution in [0.5, 0.6) is 0 Å². The summed E-state index contributed by atoms with van der Waals surface area (Å²) < 4.78 is 32.1. The standard InChI is InChI=1S/C36H50FN5O6/c1-4-6-7-8-9-10-11-12-13-14-15-16-17-22-30(44)47-24-27-20-18-19-21-28(27)34(45)48-29(36(5-2,25-43)46-3)23-42-26-39-31-32(38)40-35(37)41-33(31)42/h2,18-21,26,29,43H,4,6-17,22-25H2,1,3H3,(H2,38,40,41)/t29-,36+/m0/s1. The van der Waals surface area contributed by atoms with Crippen molar-refractivity contribution in [3.8, 4) is 12.3 Å². The number of nitrogens with two attached hydrogens (primary N) is 1. The molecule has 11 nitrogen and oxygen atoms in total. The predicted molar refractivity (Wildman–Crippen MR) is 181 cm³/mol. The van der Waals surface area contributed by atoms with Crippen LogP contribution in [0.2, 0.25) is 0 Å².